The van der Waals surface area contributed by atoms with Gasteiger partial charge in [-0.05, 0) is 24.8 Å². The molecule has 0 bridgehead atoms. The summed E-state index contributed by atoms with van der Waals surface area (Å²) in [5.41, 5.74) is 3.58. The van der Waals surface area contributed by atoms with Gasteiger partial charge in [-0.1, -0.05) is 37.3 Å². The third kappa shape index (κ3) is 6.41. The molecule has 1 aromatic rings. The first-order valence-corrected chi connectivity index (χ1v) is 7.40. The Morgan fingerprint density at radius 3 is 2.59 bits per heavy atom. The molecule has 0 atom stereocenters. The molecule has 0 aliphatic rings. The molecule has 0 amide bonds. The maximum Gasteiger partial charge on any atom is 0.283 e. The van der Waals surface area contributed by atoms with Gasteiger partial charge in [-0.3, -0.25) is 0 Å². The highest BCUT2D eigenvalue weighted by Crippen LogP contribution is 2.04. The van der Waals surface area contributed by atoms with Crippen molar-refractivity contribution in [1.82, 2.24) is 5.48 Å². The Kier molecular flexibility index (Phi) is 6.18. The Morgan fingerprint density at radius 1 is 1.24 bits per heavy atom. The number of hydroxylamine groups is 1. The van der Waals surface area contributed by atoms with Crippen LogP contribution < -0.4 is 5.48 Å². The third-order valence-corrected chi connectivity index (χ3v) is 3.40. The third-order valence-electron chi connectivity index (χ3n) is 2.24. The normalized spacial score (nSPS) is 11.6. The van der Waals surface area contributed by atoms with Crippen molar-refractivity contribution < 1.29 is 12.7 Å². The van der Waals surface area contributed by atoms with Crippen molar-refractivity contribution in [2.75, 3.05) is 12.3 Å². The van der Waals surface area contributed by atoms with Crippen LogP contribution in [0.5, 0.6) is 0 Å². The van der Waals surface area contributed by atoms with Gasteiger partial charge in [0, 0.05) is 6.54 Å². The average Bonchev–Trinajstić information content (AvgIpc) is 2.30. The van der Waals surface area contributed by atoms with Crippen molar-refractivity contribution in [1.29, 1.82) is 0 Å². The first kappa shape index (κ1) is 14.2. The molecule has 0 aliphatic carbocycles. The summed E-state index contributed by atoms with van der Waals surface area (Å²) < 4.78 is 27.5. The van der Waals surface area contributed by atoms with E-state index in [0.29, 0.717) is 13.0 Å². The predicted octanol–water partition coefficient (Wildman–Crippen LogP) is 1.88. The summed E-state index contributed by atoms with van der Waals surface area (Å²) in [6.07, 6.45) is 2.15. The van der Waals surface area contributed by atoms with Gasteiger partial charge < -0.3 is 0 Å². The van der Waals surface area contributed by atoms with E-state index in [4.69, 9.17) is 0 Å². The van der Waals surface area contributed by atoms with Gasteiger partial charge in [0.1, 0.15) is 0 Å². The lowest BCUT2D eigenvalue weighted by Crippen LogP contribution is -2.23. The predicted molar refractivity (Wildman–Crippen MR) is 67.9 cm³/mol. The molecule has 0 radical (unpaired) electrons. The van der Waals surface area contributed by atoms with Gasteiger partial charge in [-0.15, -0.1) is 0 Å². The van der Waals surface area contributed by atoms with E-state index >= 15 is 0 Å². The van der Waals surface area contributed by atoms with Crippen LogP contribution in [0.3, 0.4) is 0 Å². The number of nitrogens with one attached hydrogen (secondary N) is 1. The minimum absolute atomic E-state index is 0.0403. The summed E-state index contributed by atoms with van der Waals surface area (Å²) in [5.74, 6) is 0.0403. The highest BCUT2D eigenvalue weighted by atomic mass is 32.2. The van der Waals surface area contributed by atoms with E-state index in [9.17, 15) is 8.42 Å². The van der Waals surface area contributed by atoms with Crippen molar-refractivity contribution in [3.63, 3.8) is 0 Å². The maximum atomic E-state index is 11.4. The standard InChI is InChI=1S/C12H19NO3S/c1-2-10-13-16-17(14,15)11-6-9-12-7-4-3-5-8-12/h3-5,7-8,13H,2,6,9-11H2,1H3. The van der Waals surface area contributed by atoms with E-state index in [1.165, 1.54) is 0 Å². The van der Waals surface area contributed by atoms with Crippen LogP contribution in [0.2, 0.25) is 0 Å². The molecule has 96 valence electrons. The molecule has 0 aliphatic heterocycles. The average molecular weight is 257 g/mol. The summed E-state index contributed by atoms with van der Waals surface area (Å²) >= 11 is 0. The highest BCUT2D eigenvalue weighted by molar-refractivity contribution is 7.86. The van der Waals surface area contributed by atoms with E-state index in [-0.39, 0.29) is 5.75 Å². The molecule has 0 aromatic heterocycles. The maximum absolute atomic E-state index is 11.4. The molecular weight excluding hydrogens is 238 g/mol. The highest BCUT2D eigenvalue weighted by Gasteiger charge is 2.10. The van der Waals surface area contributed by atoms with Gasteiger partial charge in [-0.2, -0.15) is 18.2 Å². The van der Waals surface area contributed by atoms with Gasteiger partial charge in [-0.25, -0.2) is 0 Å². The first-order chi connectivity index (χ1) is 8.14. The Bertz CT molecular complexity index is 403. The second-order valence-corrected chi connectivity index (χ2v) is 5.52. The van der Waals surface area contributed by atoms with Crippen molar-refractivity contribution >= 4 is 10.1 Å². The lowest BCUT2D eigenvalue weighted by molar-refractivity contribution is 0.204. The second-order valence-electron chi connectivity index (χ2n) is 3.83. The van der Waals surface area contributed by atoms with Crippen LogP contribution >= 0.6 is 0 Å². The van der Waals surface area contributed by atoms with Crippen LogP contribution in [-0.4, -0.2) is 20.7 Å². The van der Waals surface area contributed by atoms with E-state index in [2.05, 4.69) is 9.76 Å². The summed E-state index contributed by atoms with van der Waals surface area (Å²) in [4.78, 5) is 0. The van der Waals surface area contributed by atoms with Crippen molar-refractivity contribution in [3.05, 3.63) is 35.9 Å². The molecular formula is C12H19NO3S. The van der Waals surface area contributed by atoms with E-state index < -0.39 is 10.1 Å². The molecule has 0 heterocycles. The monoisotopic (exact) mass is 257 g/mol. The second kappa shape index (κ2) is 7.42. The van der Waals surface area contributed by atoms with Crippen molar-refractivity contribution in [3.8, 4) is 0 Å². The van der Waals surface area contributed by atoms with Crippen LogP contribution in [0.25, 0.3) is 0 Å². The molecule has 1 aromatic carbocycles. The Hall–Kier alpha value is -0.910. The summed E-state index contributed by atoms with van der Waals surface area (Å²) in [7, 11) is -3.44. The fraction of sp³-hybridized carbons (Fsp3) is 0.500. The van der Waals surface area contributed by atoms with E-state index in [0.717, 1.165) is 18.4 Å². The van der Waals surface area contributed by atoms with Crippen LogP contribution in [0, 0.1) is 0 Å². The molecule has 5 heteroatoms. The Morgan fingerprint density at radius 2 is 1.94 bits per heavy atom. The van der Waals surface area contributed by atoms with Crippen molar-refractivity contribution in [2.45, 2.75) is 26.2 Å². The van der Waals surface area contributed by atoms with Crippen LogP contribution in [0.15, 0.2) is 30.3 Å². The van der Waals surface area contributed by atoms with Gasteiger partial charge in [0.05, 0.1) is 5.75 Å². The minimum Gasteiger partial charge on any atom is -0.198 e. The lowest BCUT2D eigenvalue weighted by Gasteiger charge is -2.05. The molecule has 0 saturated carbocycles. The Labute approximate surface area is 103 Å². The largest absolute Gasteiger partial charge is 0.283 e. The number of hydrogen-bond acceptors (Lipinski definition) is 4. The first-order valence-electron chi connectivity index (χ1n) is 5.82. The van der Waals surface area contributed by atoms with Crippen LogP contribution in [0.1, 0.15) is 25.3 Å². The van der Waals surface area contributed by atoms with Gasteiger partial charge in [0.2, 0.25) is 0 Å². The number of hydrogen-bond donors (Lipinski definition) is 1. The van der Waals surface area contributed by atoms with Gasteiger partial charge in [0.25, 0.3) is 10.1 Å². The molecule has 0 unspecified atom stereocenters. The van der Waals surface area contributed by atoms with E-state index in [1.807, 2.05) is 37.3 Å². The smallest absolute Gasteiger partial charge is 0.198 e. The molecule has 0 saturated heterocycles. The van der Waals surface area contributed by atoms with Crippen molar-refractivity contribution in [2.24, 2.45) is 0 Å². The summed E-state index contributed by atoms with van der Waals surface area (Å²) in [6.45, 7) is 2.48. The topological polar surface area (TPSA) is 55.4 Å². The van der Waals surface area contributed by atoms with Crippen LogP contribution in [-0.2, 0) is 20.8 Å². The lowest BCUT2D eigenvalue weighted by atomic mass is 10.1. The minimum atomic E-state index is -3.44. The SMILES string of the molecule is CCCNOS(=O)(=O)CCCc1ccccc1. The number of aryl methyl sites for hydroxylation is 1. The summed E-state index contributed by atoms with van der Waals surface area (Å²) in [6, 6.07) is 9.82. The Balaban J connectivity index is 2.26. The van der Waals surface area contributed by atoms with Gasteiger partial charge in [0.15, 0.2) is 0 Å². The molecule has 0 fully saturated rings. The van der Waals surface area contributed by atoms with Crippen LogP contribution in [0.4, 0.5) is 0 Å². The summed E-state index contributed by atoms with van der Waals surface area (Å²) in [5, 5.41) is 0. The molecule has 0 spiro atoms. The zero-order valence-electron chi connectivity index (χ0n) is 10.1. The quantitative estimate of drug-likeness (QED) is 0.570. The molecule has 4 nitrogen and oxygen atoms in total. The van der Waals surface area contributed by atoms with Gasteiger partial charge >= 0.3 is 0 Å². The molecule has 1 rings (SSSR count). The number of rotatable bonds is 8. The van der Waals surface area contributed by atoms with E-state index in [1.54, 1.807) is 0 Å². The number of benzene rings is 1. The molecule has 1 N–H and O–H groups in total. The fourth-order valence-corrected chi connectivity index (χ4v) is 2.22. The molecule has 17 heavy (non-hydrogen) atoms. The zero-order valence-corrected chi connectivity index (χ0v) is 10.9. The zero-order chi connectivity index (χ0) is 12.6. The fourth-order valence-electron chi connectivity index (χ4n) is 1.37.